The van der Waals surface area contributed by atoms with E-state index in [1.54, 1.807) is 18.2 Å². The van der Waals surface area contributed by atoms with Gasteiger partial charge in [-0.1, -0.05) is 30.3 Å². The molecule has 1 aromatic carbocycles. The Hall–Kier alpha value is -1.00. The van der Waals surface area contributed by atoms with Crippen molar-refractivity contribution in [3.63, 3.8) is 0 Å². The summed E-state index contributed by atoms with van der Waals surface area (Å²) in [5.41, 5.74) is 0.124. The van der Waals surface area contributed by atoms with Gasteiger partial charge in [0.1, 0.15) is 0 Å². The number of nitrogens with zero attached hydrogens (tertiary/aromatic N) is 1. The van der Waals surface area contributed by atoms with Crippen LogP contribution >= 0.6 is 0 Å². The van der Waals surface area contributed by atoms with Crippen molar-refractivity contribution >= 4 is 0 Å². The summed E-state index contributed by atoms with van der Waals surface area (Å²) in [5, 5.41) is 3.59. The van der Waals surface area contributed by atoms with E-state index >= 15 is 0 Å². The van der Waals surface area contributed by atoms with Gasteiger partial charge in [0.05, 0.1) is 6.54 Å². The summed E-state index contributed by atoms with van der Waals surface area (Å²) in [7, 11) is 0. The fourth-order valence-corrected chi connectivity index (χ4v) is 3.46. The summed E-state index contributed by atoms with van der Waals surface area (Å²) in [6, 6.07) is 8.19. The summed E-state index contributed by atoms with van der Waals surface area (Å²) in [5.74, 6) is -2.13. The second-order valence-corrected chi connectivity index (χ2v) is 6.75. The lowest BCUT2D eigenvalue weighted by Crippen LogP contribution is -2.52. The van der Waals surface area contributed by atoms with Crippen molar-refractivity contribution in [2.45, 2.75) is 37.6 Å². The van der Waals surface area contributed by atoms with Gasteiger partial charge in [0.2, 0.25) is 0 Å². The van der Waals surface area contributed by atoms with Gasteiger partial charge in [-0.3, -0.25) is 4.90 Å². The number of hydrogen-bond donors (Lipinski definition) is 1. The first kappa shape index (κ1) is 14.9. The third kappa shape index (κ3) is 3.43. The molecule has 21 heavy (non-hydrogen) atoms. The number of alkyl halides is 2. The summed E-state index contributed by atoms with van der Waals surface area (Å²) in [6.45, 7) is 4.42. The van der Waals surface area contributed by atoms with E-state index in [-0.39, 0.29) is 17.6 Å². The van der Waals surface area contributed by atoms with Crippen molar-refractivity contribution in [1.29, 1.82) is 0 Å². The molecule has 1 N–H and O–H groups in total. The van der Waals surface area contributed by atoms with Crippen molar-refractivity contribution in [3.05, 3.63) is 35.9 Å². The van der Waals surface area contributed by atoms with Crippen LogP contribution in [-0.4, -0.2) is 36.6 Å². The van der Waals surface area contributed by atoms with Crippen LogP contribution in [0.4, 0.5) is 8.78 Å². The molecule has 2 nitrogen and oxygen atoms in total. The highest BCUT2D eigenvalue weighted by atomic mass is 19.3. The third-order valence-corrected chi connectivity index (χ3v) is 4.83. The number of benzene rings is 1. The van der Waals surface area contributed by atoms with E-state index < -0.39 is 5.92 Å². The molecule has 1 heterocycles. The highest BCUT2D eigenvalue weighted by molar-refractivity contribution is 5.20. The van der Waals surface area contributed by atoms with Gasteiger partial charge in [-0.05, 0) is 45.2 Å². The van der Waals surface area contributed by atoms with E-state index in [2.05, 4.69) is 12.2 Å². The highest BCUT2D eigenvalue weighted by Crippen LogP contribution is 2.41. The van der Waals surface area contributed by atoms with Gasteiger partial charge in [-0.15, -0.1) is 0 Å². The molecule has 1 atom stereocenters. The van der Waals surface area contributed by atoms with Crippen LogP contribution in [0.2, 0.25) is 0 Å². The quantitative estimate of drug-likeness (QED) is 0.917. The topological polar surface area (TPSA) is 15.3 Å². The summed E-state index contributed by atoms with van der Waals surface area (Å²) >= 11 is 0. The zero-order valence-electron chi connectivity index (χ0n) is 12.6. The van der Waals surface area contributed by atoms with Crippen molar-refractivity contribution in [2.75, 3.05) is 26.2 Å². The zero-order valence-corrected chi connectivity index (χ0v) is 12.6. The third-order valence-electron chi connectivity index (χ3n) is 4.83. The zero-order chi connectivity index (χ0) is 14.9. The Morgan fingerprint density at radius 2 is 2.00 bits per heavy atom. The van der Waals surface area contributed by atoms with Crippen LogP contribution in [0.25, 0.3) is 0 Å². The molecule has 0 amide bonds. The largest absolute Gasteiger partial charge is 0.310 e. The van der Waals surface area contributed by atoms with E-state index in [4.69, 9.17) is 0 Å². The van der Waals surface area contributed by atoms with E-state index in [0.29, 0.717) is 5.92 Å². The lowest BCUT2D eigenvalue weighted by molar-refractivity contribution is -0.0412. The first-order valence-electron chi connectivity index (χ1n) is 7.90. The molecule has 1 aromatic rings. The Morgan fingerprint density at radius 3 is 2.67 bits per heavy atom. The molecule has 1 aliphatic carbocycles. The molecule has 0 spiro atoms. The summed E-state index contributed by atoms with van der Waals surface area (Å²) in [4.78, 5) is 1.95. The minimum Gasteiger partial charge on any atom is -0.310 e. The maximum absolute atomic E-state index is 14.5. The Kier molecular flexibility index (Phi) is 4.02. The summed E-state index contributed by atoms with van der Waals surface area (Å²) in [6.07, 6.45) is 3.39. The fourth-order valence-electron chi connectivity index (χ4n) is 3.46. The molecule has 116 valence electrons. The van der Waals surface area contributed by atoms with Gasteiger partial charge in [-0.2, -0.15) is 8.78 Å². The molecule has 4 heteroatoms. The minimum absolute atomic E-state index is 0.00324. The first-order chi connectivity index (χ1) is 10.00. The van der Waals surface area contributed by atoms with Crippen LogP contribution in [0, 0.1) is 5.92 Å². The van der Waals surface area contributed by atoms with Crippen molar-refractivity contribution < 1.29 is 8.78 Å². The van der Waals surface area contributed by atoms with Crippen LogP contribution in [0.15, 0.2) is 30.3 Å². The van der Waals surface area contributed by atoms with Gasteiger partial charge in [-0.25, -0.2) is 0 Å². The van der Waals surface area contributed by atoms with Gasteiger partial charge < -0.3 is 5.32 Å². The SMILES string of the molecule is CC1(C2CC2)CN(CC(F)(F)c2ccccc2)CCCN1. The molecular weight excluding hydrogens is 270 g/mol. The predicted octanol–water partition coefficient (Wildman–Crippen LogP) is 3.24. The van der Waals surface area contributed by atoms with Crippen LogP contribution in [0.1, 0.15) is 31.7 Å². The number of hydrogen-bond acceptors (Lipinski definition) is 2. The Morgan fingerprint density at radius 1 is 1.29 bits per heavy atom. The Bertz CT molecular complexity index is 473. The number of nitrogens with one attached hydrogen (secondary N) is 1. The first-order valence-corrected chi connectivity index (χ1v) is 7.90. The molecule has 1 saturated heterocycles. The molecular formula is C17H24F2N2. The Balaban J connectivity index is 1.70. The minimum atomic E-state index is -2.78. The van der Waals surface area contributed by atoms with Gasteiger partial charge in [0.25, 0.3) is 5.92 Å². The second-order valence-electron chi connectivity index (χ2n) is 6.75. The van der Waals surface area contributed by atoms with Crippen LogP contribution < -0.4 is 5.32 Å². The van der Waals surface area contributed by atoms with E-state index in [1.165, 1.54) is 25.0 Å². The van der Waals surface area contributed by atoms with Gasteiger partial charge in [0.15, 0.2) is 0 Å². The molecule has 0 bridgehead atoms. The second kappa shape index (κ2) is 5.65. The molecule has 2 fully saturated rings. The molecule has 1 saturated carbocycles. The Labute approximate surface area is 125 Å². The maximum Gasteiger partial charge on any atom is 0.285 e. The van der Waals surface area contributed by atoms with Crippen LogP contribution in [0.3, 0.4) is 0 Å². The van der Waals surface area contributed by atoms with Gasteiger partial charge >= 0.3 is 0 Å². The molecule has 2 aliphatic rings. The van der Waals surface area contributed by atoms with Crippen molar-refractivity contribution in [1.82, 2.24) is 10.2 Å². The normalized spacial score (nSPS) is 28.3. The molecule has 1 unspecified atom stereocenters. The van der Waals surface area contributed by atoms with Crippen LogP contribution in [-0.2, 0) is 5.92 Å². The van der Waals surface area contributed by atoms with Crippen LogP contribution in [0.5, 0.6) is 0 Å². The predicted molar refractivity (Wildman–Crippen MR) is 80.5 cm³/mol. The van der Waals surface area contributed by atoms with E-state index in [1.807, 2.05) is 4.90 Å². The number of halogens is 2. The van der Waals surface area contributed by atoms with E-state index in [9.17, 15) is 8.78 Å². The monoisotopic (exact) mass is 294 g/mol. The fraction of sp³-hybridized carbons (Fsp3) is 0.647. The maximum atomic E-state index is 14.5. The molecule has 3 rings (SSSR count). The van der Waals surface area contributed by atoms with Crippen molar-refractivity contribution in [3.8, 4) is 0 Å². The smallest absolute Gasteiger partial charge is 0.285 e. The molecule has 1 aliphatic heterocycles. The highest BCUT2D eigenvalue weighted by Gasteiger charge is 2.44. The average Bonchev–Trinajstić information content (AvgIpc) is 3.28. The average molecular weight is 294 g/mol. The lowest BCUT2D eigenvalue weighted by Gasteiger charge is -2.35. The van der Waals surface area contributed by atoms with Crippen molar-refractivity contribution in [2.24, 2.45) is 5.92 Å². The van der Waals surface area contributed by atoms with Gasteiger partial charge in [0, 0.05) is 17.6 Å². The summed E-state index contributed by atoms with van der Waals surface area (Å²) < 4.78 is 29.0. The molecule has 0 aromatic heterocycles. The van der Waals surface area contributed by atoms with E-state index in [0.717, 1.165) is 26.1 Å². The molecule has 0 radical (unpaired) electrons. The lowest BCUT2D eigenvalue weighted by atomic mass is 9.95. The number of rotatable bonds is 4. The standard InChI is InChI=1S/C17H24F2N2/c1-16(14-8-9-14)12-21(11-5-10-20-16)13-17(18,19)15-6-3-2-4-7-15/h2-4,6-7,14,20H,5,8-13H2,1H3.